The second kappa shape index (κ2) is 9.16. The summed E-state index contributed by atoms with van der Waals surface area (Å²) in [5.74, 6) is 0.834. The van der Waals surface area contributed by atoms with E-state index in [0.29, 0.717) is 17.3 Å². The second-order valence-corrected chi connectivity index (χ2v) is 9.28. The minimum absolute atomic E-state index is 0.00364. The van der Waals surface area contributed by atoms with Gasteiger partial charge in [0.15, 0.2) is 0 Å². The molecule has 0 aliphatic carbocycles. The molecule has 1 aromatic heterocycles. The summed E-state index contributed by atoms with van der Waals surface area (Å²) < 4.78 is 38.9. The molecule has 2 aromatic carbocycles. The Hall–Kier alpha value is -2.42. The number of methoxy groups -OCH3 is 1. The second-order valence-electron chi connectivity index (χ2n) is 6.98. The van der Waals surface area contributed by atoms with Gasteiger partial charge in [-0.15, -0.1) is 0 Å². The van der Waals surface area contributed by atoms with Crippen molar-refractivity contribution in [3.05, 3.63) is 58.9 Å². The normalized spacial score (nSPS) is 12.9. The molecule has 0 spiro atoms. The van der Waals surface area contributed by atoms with Crippen LogP contribution in [0.5, 0.6) is 5.75 Å². The summed E-state index contributed by atoms with van der Waals surface area (Å²) in [5.41, 5.74) is 1.91. The first-order valence-electron chi connectivity index (χ1n) is 9.51. The zero-order valence-corrected chi connectivity index (χ0v) is 18.9. The minimum Gasteiger partial charge on any atom is -0.495 e. The van der Waals surface area contributed by atoms with E-state index in [9.17, 15) is 8.42 Å². The summed E-state index contributed by atoms with van der Waals surface area (Å²) in [4.78, 5) is 4.39. The molecule has 30 heavy (non-hydrogen) atoms. The zero-order valence-electron chi connectivity index (χ0n) is 17.3. The number of aryl methyl sites for hydroxylation is 1. The van der Waals surface area contributed by atoms with Gasteiger partial charge in [-0.2, -0.15) is 9.29 Å². The number of hydrogen-bond donors (Lipinski definition) is 0. The molecule has 0 saturated heterocycles. The molecule has 3 aromatic rings. The smallest absolute Gasteiger partial charge is 0.247 e. The van der Waals surface area contributed by atoms with E-state index in [-0.39, 0.29) is 29.1 Å². The molecule has 0 saturated carbocycles. The monoisotopic (exact) mass is 449 g/mol. The number of benzene rings is 2. The Kier molecular flexibility index (Phi) is 6.80. The van der Waals surface area contributed by atoms with Gasteiger partial charge in [-0.1, -0.05) is 53.5 Å². The number of aromatic nitrogens is 2. The van der Waals surface area contributed by atoms with Gasteiger partial charge < -0.3 is 9.26 Å². The van der Waals surface area contributed by atoms with Crippen molar-refractivity contribution in [1.82, 2.24) is 14.4 Å². The minimum atomic E-state index is -3.94. The van der Waals surface area contributed by atoms with Crippen molar-refractivity contribution >= 4 is 21.6 Å². The summed E-state index contributed by atoms with van der Waals surface area (Å²) in [6.07, 6.45) is 0.598. The Morgan fingerprint density at radius 2 is 1.90 bits per heavy atom. The highest BCUT2D eigenvalue weighted by molar-refractivity contribution is 7.89. The number of halogens is 1. The lowest BCUT2D eigenvalue weighted by molar-refractivity contribution is 0.271. The van der Waals surface area contributed by atoms with Gasteiger partial charge >= 0.3 is 0 Å². The van der Waals surface area contributed by atoms with Gasteiger partial charge in [0.25, 0.3) is 0 Å². The van der Waals surface area contributed by atoms with Crippen LogP contribution in [0.2, 0.25) is 5.02 Å². The maximum absolute atomic E-state index is 13.5. The number of hydrogen-bond acceptors (Lipinski definition) is 6. The van der Waals surface area contributed by atoms with E-state index in [1.54, 1.807) is 6.07 Å². The van der Waals surface area contributed by atoms with Gasteiger partial charge in [0.05, 0.1) is 13.7 Å². The number of rotatable bonds is 8. The van der Waals surface area contributed by atoms with Gasteiger partial charge in [0.2, 0.25) is 21.7 Å². The van der Waals surface area contributed by atoms with Crippen LogP contribution in [0, 0.1) is 6.92 Å². The van der Waals surface area contributed by atoms with Crippen molar-refractivity contribution in [3.8, 4) is 17.1 Å². The molecule has 0 fully saturated rings. The molecule has 3 rings (SSSR count). The van der Waals surface area contributed by atoms with Crippen molar-refractivity contribution in [2.24, 2.45) is 0 Å². The van der Waals surface area contributed by atoms with Crippen molar-refractivity contribution in [1.29, 1.82) is 0 Å². The van der Waals surface area contributed by atoms with E-state index in [0.717, 1.165) is 11.1 Å². The summed E-state index contributed by atoms with van der Waals surface area (Å²) in [6, 6.07) is 11.9. The van der Waals surface area contributed by atoms with Crippen LogP contribution in [0.1, 0.15) is 31.7 Å². The molecule has 0 bridgehead atoms. The average Bonchev–Trinajstić information content (AvgIpc) is 3.20. The van der Waals surface area contributed by atoms with Crippen molar-refractivity contribution in [2.75, 3.05) is 7.11 Å². The number of sulfonamides is 1. The molecule has 1 atom stereocenters. The lowest BCUT2D eigenvalue weighted by Crippen LogP contribution is -2.38. The summed E-state index contributed by atoms with van der Waals surface area (Å²) in [5, 5.41) is 4.31. The fourth-order valence-electron chi connectivity index (χ4n) is 2.93. The Morgan fingerprint density at radius 3 is 2.53 bits per heavy atom. The van der Waals surface area contributed by atoms with Crippen LogP contribution in [0.25, 0.3) is 11.4 Å². The summed E-state index contributed by atoms with van der Waals surface area (Å²) >= 11 is 6.06. The van der Waals surface area contributed by atoms with E-state index in [4.69, 9.17) is 20.9 Å². The van der Waals surface area contributed by atoms with Crippen LogP contribution in [0.3, 0.4) is 0 Å². The van der Waals surface area contributed by atoms with Crippen LogP contribution in [-0.2, 0) is 16.6 Å². The highest BCUT2D eigenvalue weighted by Gasteiger charge is 2.33. The molecule has 7 nitrogen and oxygen atoms in total. The van der Waals surface area contributed by atoms with Gasteiger partial charge in [-0.25, -0.2) is 8.42 Å². The maximum atomic E-state index is 13.5. The third kappa shape index (κ3) is 4.66. The predicted molar refractivity (Wildman–Crippen MR) is 115 cm³/mol. The van der Waals surface area contributed by atoms with E-state index in [1.807, 2.05) is 45.0 Å². The highest BCUT2D eigenvalue weighted by atomic mass is 35.5. The van der Waals surface area contributed by atoms with Crippen LogP contribution in [0.4, 0.5) is 0 Å². The zero-order chi connectivity index (χ0) is 21.9. The third-order valence-electron chi connectivity index (χ3n) is 4.86. The largest absolute Gasteiger partial charge is 0.495 e. The lowest BCUT2D eigenvalue weighted by atomic mass is 10.1. The van der Waals surface area contributed by atoms with Crippen LogP contribution >= 0.6 is 11.6 Å². The Labute approximate surface area is 181 Å². The maximum Gasteiger partial charge on any atom is 0.247 e. The Bertz CT molecular complexity index is 1110. The molecular formula is C21H24ClN3O4S. The standard InChI is InChI=1S/C21H24ClN3O4S/c1-5-15(3)25(30(26,27)19-12-17(22)10-11-18(19)28-4)13-20-23-21(24-29-20)16-8-6-14(2)7-9-16/h6-12,15H,5,13H2,1-4H3. The van der Waals surface area contributed by atoms with Gasteiger partial charge in [-0.05, 0) is 38.5 Å². The Balaban J connectivity index is 1.96. The summed E-state index contributed by atoms with van der Waals surface area (Å²) in [6.45, 7) is 5.66. The molecule has 9 heteroatoms. The van der Waals surface area contributed by atoms with Crippen molar-refractivity contribution in [2.45, 2.75) is 44.7 Å². The van der Waals surface area contributed by atoms with Crippen molar-refractivity contribution < 1.29 is 17.7 Å². The SMILES string of the molecule is CCC(C)N(Cc1nc(-c2ccc(C)cc2)no1)S(=O)(=O)c1cc(Cl)ccc1OC. The van der Waals surface area contributed by atoms with Crippen molar-refractivity contribution in [3.63, 3.8) is 0 Å². The van der Waals surface area contributed by atoms with E-state index >= 15 is 0 Å². The fourth-order valence-corrected chi connectivity index (χ4v) is 5.01. The first kappa shape index (κ1) is 22.3. The first-order valence-corrected chi connectivity index (χ1v) is 11.3. The van der Waals surface area contributed by atoms with Crippen LogP contribution in [0.15, 0.2) is 51.9 Å². The molecule has 1 unspecified atom stereocenters. The molecule has 1 heterocycles. The molecule has 0 amide bonds. The van der Waals surface area contributed by atoms with Gasteiger partial charge in [0, 0.05) is 16.6 Å². The van der Waals surface area contributed by atoms with E-state index in [2.05, 4.69) is 10.1 Å². The van der Waals surface area contributed by atoms with Gasteiger partial charge in [0.1, 0.15) is 10.6 Å². The topological polar surface area (TPSA) is 85.5 Å². The molecule has 0 N–H and O–H groups in total. The molecule has 0 aliphatic heterocycles. The van der Waals surface area contributed by atoms with Crippen LogP contribution < -0.4 is 4.74 Å². The number of nitrogens with zero attached hydrogens (tertiary/aromatic N) is 3. The number of ether oxygens (including phenoxy) is 1. The third-order valence-corrected chi connectivity index (χ3v) is 7.08. The lowest BCUT2D eigenvalue weighted by Gasteiger charge is -2.27. The molecule has 0 radical (unpaired) electrons. The molecule has 160 valence electrons. The van der Waals surface area contributed by atoms with E-state index in [1.165, 1.54) is 23.5 Å². The Morgan fingerprint density at radius 1 is 1.20 bits per heavy atom. The average molecular weight is 450 g/mol. The highest BCUT2D eigenvalue weighted by Crippen LogP contribution is 2.32. The summed E-state index contributed by atoms with van der Waals surface area (Å²) in [7, 11) is -2.52. The predicted octanol–water partition coefficient (Wildman–Crippen LogP) is 4.70. The fraction of sp³-hybridized carbons (Fsp3) is 0.333. The quantitative estimate of drug-likeness (QED) is 0.495. The van der Waals surface area contributed by atoms with Gasteiger partial charge in [-0.3, -0.25) is 0 Å². The molecule has 0 aliphatic rings. The first-order chi connectivity index (χ1) is 14.3. The van der Waals surface area contributed by atoms with Crippen LogP contribution in [-0.4, -0.2) is 36.0 Å². The van der Waals surface area contributed by atoms with E-state index < -0.39 is 10.0 Å². The molecular weight excluding hydrogens is 426 g/mol.